The molecule has 0 heterocycles. The summed E-state index contributed by atoms with van der Waals surface area (Å²) in [6.45, 7) is 8.17. The summed E-state index contributed by atoms with van der Waals surface area (Å²) in [5.41, 5.74) is 8.96. The van der Waals surface area contributed by atoms with Crippen molar-refractivity contribution in [3.63, 3.8) is 0 Å². The van der Waals surface area contributed by atoms with Crippen LogP contribution in [0.5, 0.6) is 17.2 Å². The minimum atomic E-state index is 0. The van der Waals surface area contributed by atoms with E-state index in [2.05, 4.69) is 89.0 Å². The molecule has 0 aromatic heterocycles. The molecule has 9 rings (SSSR count). The molecule has 372 valence electrons. The first-order valence-corrected chi connectivity index (χ1v) is 22.6. The van der Waals surface area contributed by atoms with Crippen molar-refractivity contribution in [3.05, 3.63) is 192 Å². The van der Waals surface area contributed by atoms with Gasteiger partial charge in [0.25, 0.3) is 0 Å². The van der Waals surface area contributed by atoms with Crippen molar-refractivity contribution in [1.29, 1.82) is 0 Å². The zero-order chi connectivity index (χ0) is 44.9. The Morgan fingerprint density at radius 2 is 0.831 bits per heavy atom. The molecule has 0 fully saturated rings. The van der Waals surface area contributed by atoms with Gasteiger partial charge in [0.2, 0.25) is 0 Å². The summed E-state index contributed by atoms with van der Waals surface area (Å²) in [4.78, 5) is 0. The molecule has 1 atom stereocenters. The summed E-state index contributed by atoms with van der Waals surface area (Å²) >= 11 is 0. The smallest absolute Gasteiger partial charge is 0.523 e. The average Bonchev–Trinajstić information content (AvgIpc) is 3.32. The number of methoxy groups -OCH3 is 3. The summed E-state index contributed by atoms with van der Waals surface area (Å²) in [6.07, 6.45) is 0. The first kappa shape index (κ1) is 77.2. The number of benzene rings is 9. The molecule has 0 aliphatic rings. The quantitative estimate of drug-likeness (QED) is 0.0904. The predicted octanol–water partition coefficient (Wildman–Crippen LogP) is 11.6. The Kier molecular flexibility index (Phi) is 43.7. The van der Waals surface area contributed by atoms with Gasteiger partial charge in [-0.3, -0.25) is 9.13 Å². The van der Waals surface area contributed by atoms with Crippen LogP contribution >= 0.6 is 26.2 Å². The van der Waals surface area contributed by atoms with Crippen molar-refractivity contribution in [2.75, 3.05) is 21.3 Å². The van der Waals surface area contributed by atoms with E-state index in [0.29, 0.717) is 0 Å². The van der Waals surface area contributed by atoms with E-state index in [4.69, 9.17) is 14.2 Å². The molecule has 0 radical (unpaired) electrons. The monoisotopic (exact) mass is 1150 g/mol. The van der Waals surface area contributed by atoms with E-state index in [1.807, 2.05) is 118 Å². The molecule has 0 saturated carbocycles. The molecule has 0 aliphatic carbocycles. The van der Waals surface area contributed by atoms with Crippen LogP contribution in [0.25, 0.3) is 54.6 Å². The molecule has 0 saturated heterocycles. The molecule has 71 heavy (non-hydrogen) atoms. The number of hydrogen-bond acceptors (Lipinski definition) is 5. The van der Waals surface area contributed by atoms with E-state index in [1.54, 1.807) is 21.3 Å². The maximum Gasteiger partial charge on any atom is 1.00 e. The molecular weight excluding hydrogens is 1090 g/mol. The molecule has 9 aromatic rings. The van der Waals surface area contributed by atoms with Gasteiger partial charge in [0.05, 0.1) is 26.6 Å². The molecule has 5 nitrogen and oxygen atoms in total. The van der Waals surface area contributed by atoms with Gasteiger partial charge in [-0.25, -0.2) is 0 Å². The number of fused-ring (bicyclic) bond motifs is 3. The van der Waals surface area contributed by atoms with Crippen molar-refractivity contribution in [1.82, 2.24) is 0 Å². The Bertz CT molecular complexity index is 3070. The van der Waals surface area contributed by atoms with Gasteiger partial charge in [-0.2, -0.15) is 17.7 Å². The average molecular weight is 1150 g/mol. The van der Waals surface area contributed by atoms with Gasteiger partial charge in [-0.05, 0) is 99.3 Å². The molecule has 1 unspecified atom stereocenters. The van der Waals surface area contributed by atoms with Crippen LogP contribution in [0, 0.1) is 260 Å². The van der Waals surface area contributed by atoms with E-state index < -0.39 is 0 Å². The third-order valence-electron chi connectivity index (χ3n) is 10.8. The second-order valence-corrected chi connectivity index (χ2v) is 16.7. The summed E-state index contributed by atoms with van der Waals surface area (Å²) in [7, 11) is 8.00. The molecule has 0 bridgehead atoms. The van der Waals surface area contributed by atoms with E-state index in [9.17, 15) is 9.13 Å². The Morgan fingerprint density at radius 3 is 1.28 bits per heavy atom. The first-order valence-electron chi connectivity index (χ1n) is 20.4. The van der Waals surface area contributed by atoms with Gasteiger partial charge in [-0.15, -0.1) is 21.4 Å². The van der Waals surface area contributed by atoms with Crippen molar-refractivity contribution in [3.8, 4) is 39.5 Å². The fourth-order valence-corrected chi connectivity index (χ4v) is 8.87. The number of hydrogen-bond donors (Lipinski definition) is 0. The zero-order valence-corrected chi connectivity index (χ0v) is 46.9. The molecule has 15 heteroatoms. The summed E-state index contributed by atoms with van der Waals surface area (Å²) in [6, 6.07) is 57.9. The number of aryl methyl sites for hydroxylation is 4. The first-order chi connectivity index (χ1) is 30.6. The van der Waals surface area contributed by atoms with Gasteiger partial charge in [-0.1, -0.05) is 136 Å². The second kappa shape index (κ2) is 40.2. The van der Waals surface area contributed by atoms with Crippen molar-refractivity contribution < 1.29 is 269 Å². The standard InChI is InChI=1S/C18H15O2P.C18H17OP.C11H9OP.C8H9O.CH4.6Ar.Li/c1-12-6-5-9-15(20-2)17(12)18-14-8-4-3-7-13(14)10-11-16(18)21-19;1-12-6-5-9-15(19-2)17(12)18-14-8-4-3-7-13(14)10-11-16(18)20;1-8-10-5-3-2-4-9(10)6-7-11(8)13-12;1-7-4-3-5-8(6-7)9-2;;;;;;;;/h3-11H,1-2H3;3-11H,20H2,1-2H3;2-7H,1H3;3-5H,1-2H3;1H4;;;;;;;/q;;;-1;;;;;;;;+1. The van der Waals surface area contributed by atoms with E-state index in [0.717, 1.165) is 66.4 Å². The number of ether oxygens (including phenoxy) is 3. The maximum atomic E-state index is 11.6. The molecule has 0 spiro atoms. The Balaban J connectivity index is -0.000000869. The van der Waals surface area contributed by atoms with Gasteiger partial charge >= 0.3 is 18.9 Å². The van der Waals surface area contributed by atoms with Crippen LogP contribution in [0.4, 0.5) is 0 Å². The normalized spacial score (nSPS) is 9.41. The summed E-state index contributed by atoms with van der Waals surface area (Å²) in [5.74, 6) is 2.52. The fourth-order valence-electron chi connectivity index (χ4n) is 7.62. The van der Waals surface area contributed by atoms with Gasteiger partial charge < -0.3 is 14.2 Å². The molecule has 0 amide bonds. The van der Waals surface area contributed by atoms with Crippen LogP contribution in [-0.4, -0.2) is 21.3 Å². The molecule has 0 aliphatic heterocycles. The largest absolute Gasteiger partial charge is 1.00 e. The fraction of sp³-hybridized carbons (Fsp3) is 0.143. The molecule has 0 N–H and O–H groups in total. The van der Waals surface area contributed by atoms with Crippen molar-refractivity contribution >= 4 is 74.4 Å². The Morgan fingerprint density at radius 1 is 0.423 bits per heavy atom. The van der Waals surface area contributed by atoms with Crippen LogP contribution in [0.2, 0.25) is 0 Å². The maximum absolute atomic E-state index is 11.6. The van der Waals surface area contributed by atoms with E-state index in [-0.39, 0.29) is 270 Å². The predicted molar refractivity (Wildman–Crippen MR) is 277 cm³/mol. The van der Waals surface area contributed by atoms with Crippen LogP contribution in [0.3, 0.4) is 0 Å². The minimum Gasteiger partial charge on any atom is -0.523 e. The van der Waals surface area contributed by atoms with Crippen LogP contribution in [0.1, 0.15) is 29.7 Å². The van der Waals surface area contributed by atoms with Gasteiger partial charge in [0.1, 0.15) is 11.5 Å². The van der Waals surface area contributed by atoms with Crippen molar-refractivity contribution in [2.24, 2.45) is 0 Å². The topological polar surface area (TPSA) is 61.8 Å². The summed E-state index contributed by atoms with van der Waals surface area (Å²) in [5, 5.41) is 9.95. The third-order valence-corrected chi connectivity index (χ3v) is 12.5. The second-order valence-electron chi connectivity index (χ2n) is 14.8. The zero-order valence-electron chi connectivity index (χ0n) is 39.7. The van der Waals surface area contributed by atoms with Gasteiger partial charge in [0, 0.05) is 260 Å². The van der Waals surface area contributed by atoms with E-state index in [1.165, 1.54) is 43.5 Å². The van der Waals surface area contributed by atoms with Gasteiger partial charge in [0.15, 0.2) is 16.9 Å². The van der Waals surface area contributed by atoms with Crippen LogP contribution in [0.15, 0.2) is 164 Å². The Labute approximate surface area is 619 Å². The molecular formula is C56H54Ar6LiO5P3. The minimum absolute atomic E-state index is 0. The third kappa shape index (κ3) is 20.8. The number of rotatable bonds is 7. The summed E-state index contributed by atoms with van der Waals surface area (Å²) < 4.78 is 38.4. The Hall–Kier alpha value is 1.95. The van der Waals surface area contributed by atoms with Crippen LogP contribution in [-0.2, 0) is 9.13 Å². The van der Waals surface area contributed by atoms with E-state index >= 15 is 0 Å². The van der Waals surface area contributed by atoms with Crippen LogP contribution < -0.4 is 49.0 Å². The SMILES string of the molecule is C.COc1[c-]c(C)ccc1.COc1cccc(C)c1-c1c(P)ccc2ccccc12.COc1cccc(C)c1-c1c(P=O)ccc2ccccc12.Cc1c(P=O)ccc2ccccc12.[Ar].[Ar].[Ar].[Ar].[Ar].[Ar].[Li+]. The van der Waals surface area contributed by atoms with Crippen molar-refractivity contribution in [2.45, 2.75) is 35.1 Å². The molecule has 9 aromatic carbocycles.